The molecule has 0 aromatic rings. The van der Waals surface area contributed by atoms with E-state index in [-0.39, 0.29) is 5.60 Å². The molecule has 0 radical (unpaired) electrons. The van der Waals surface area contributed by atoms with Gasteiger partial charge in [0, 0.05) is 0 Å². The van der Waals surface area contributed by atoms with E-state index in [1.165, 1.54) is 38.5 Å². The van der Waals surface area contributed by atoms with Crippen LogP contribution in [0.15, 0.2) is 0 Å². The Labute approximate surface area is 81.5 Å². The summed E-state index contributed by atoms with van der Waals surface area (Å²) in [6.07, 6.45) is 10.2. The van der Waals surface area contributed by atoms with Crippen molar-refractivity contribution in [3.05, 3.63) is 0 Å². The smallest absolute Gasteiger partial charge is 0.0680 e. The number of rotatable bonds is 1. The fourth-order valence-electron chi connectivity index (χ4n) is 3.30. The summed E-state index contributed by atoms with van der Waals surface area (Å²) in [5, 5.41) is 10.3. The maximum atomic E-state index is 10.3. The van der Waals surface area contributed by atoms with Gasteiger partial charge in [0.15, 0.2) is 0 Å². The zero-order chi connectivity index (χ0) is 9.31. The van der Waals surface area contributed by atoms with E-state index in [2.05, 4.69) is 6.92 Å². The van der Waals surface area contributed by atoms with Crippen molar-refractivity contribution in [2.75, 3.05) is 0 Å². The average molecular weight is 182 g/mol. The zero-order valence-corrected chi connectivity index (χ0v) is 8.76. The third-order valence-electron chi connectivity index (χ3n) is 4.02. The topological polar surface area (TPSA) is 20.2 Å². The largest absolute Gasteiger partial charge is 0.390 e. The molecule has 76 valence electrons. The molecule has 0 aromatic heterocycles. The molecular weight excluding hydrogens is 160 g/mol. The monoisotopic (exact) mass is 182 g/mol. The quantitative estimate of drug-likeness (QED) is 0.618. The molecule has 0 aromatic carbocycles. The van der Waals surface area contributed by atoms with Crippen LogP contribution in [0, 0.1) is 11.8 Å². The van der Waals surface area contributed by atoms with Crippen molar-refractivity contribution in [2.24, 2.45) is 11.8 Å². The highest BCUT2D eigenvalue weighted by Gasteiger charge is 2.45. The average Bonchev–Trinajstić information content (AvgIpc) is 2.28. The molecule has 2 aliphatic carbocycles. The molecule has 1 N–H and O–H groups in total. The van der Waals surface area contributed by atoms with Crippen molar-refractivity contribution in [3.63, 3.8) is 0 Å². The first-order chi connectivity index (χ1) is 6.21. The van der Waals surface area contributed by atoms with Crippen molar-refractivity contribution < 1.29 is 5.11 Å². The van der Waals surface area contributed by atoms with Gasteiger partial charge in [0.2, 0.25) is 0 Å². The van der Waals surface area contributed by atoms with Crippen LogP contribution in [-0.4, -0.2) is 10.7 Å². The second-order valence-corrected chi connectivity index (χ2v) is 5.31. The van der Waals surface area contributed by atoms with Gasteiger partial charge in [0.05, 0.1) is 5.60 Å². The van der Waals surface area contributed by atoms with Gasteiger partial charge in [0.1, 0.15) is 0 Å². The van der Waals surface area contributed by atoms with Gasteiger partial charge in [-0.3, -0.25) is 0 Å². The molecule has 0 heterocycles. The molecular formula is C12H22O. The van der Waals surface area contributed by atoms with Crippen molar-refractivity contribution in [1.29, 1.82) is 0 Å². The molecule has 0 bridgehead atoms. The van der Waals surface area contributed by atoms with E-state index in [1.807, 2.05) is 0 Å². The van der Waals surface area contributed by atoms with Crippen LogP contribution >= 0.6 is 0 Å². The van der Waals surface area contributed by atoms with Crippen molar-refractivity contribution in [3.8, 4) is 0 Å². The minimum absolute atomic E-state index is 0.246. The van der Waals surface area contributed by atoms with E-state index in [4.69, 9.17) is 0 Å². The second-order valence-electron chi connectivity index (χ2n) is 5.31. The van der Waals surface area contributed by atoms with Crippen LogP contribution < -0.4 is 0 Å². The first-order valence-corrected chi connectivity index (χ1v) is 5.93. The normalized spacial score (nSPS) is 42.5. The zero-order valence-electron chi connectivity index (χ0n) is 8.76. The molecule has 0 aliphatic heterocycles. The van der Waals surface area contributed by atoms with Crippen molar-refractivity contribution >= 4 is 0 Å². The number of hydrogen-bond acceptors (Lipinski definition) is 1. The Hall–Kier alpha value is -0.0400. The summed E-state index contributed by atoms with van der Waals surface area (Å²) in [4.78, 5) is 0. The van der Waals surface area contributed by atoms with Crippen LogP contribution in [0.1, 0.15) is 58.3 Å². The van der Waals surface area contributed by atoms with Gasteiger partial charge in [-0.25, -0.2) is 0 Å². The molecule has 2 aliphatic rings. The van der Waals surface area contributed by atoms with Gasteiger partial charge in [-0.05, 0) is 37.5 Å². The second kappa shape index (κ2) is 3.61. The lowest BCUT2D eigenvalue weighted by Crippen LogP contribution is -2.48. The maximum Gasteiger partial charge on any atom is 0.0680 e. The predicted octanol–water partition coefficient (Wildman–Crippen LogP) is 3.12. The third-order valence-corrected chi connectivity index (χ3v) is 4.02. The summed E-state index contributed by atoms with van der Waals surface area (Å²) in [5.74, 6) is 1.40. The maximum absolute atomic E-state index is 10.3. The first kappa shape index (κ1) is 9.51. The Morgan fingerprint density at radius 3 is 2.00 bits per heavy atom. The standard InChI is InChI=1S/C12H22O/c1-10-8-12(13,9-10)11-6-4-2-3-5-7-11/h10-11,13H,2-9H2,1H3. The van der Waals surface area contributed by atoms with E-state index in [0.29, 0.717) is 5.92 Å². The molecule has 0 amide bonds. The molecule has 2 fully saturated rings. The van der Waals surface area contributed by atoms with Gasteiger partial charge >= 0.3 is 0 Å². The lowest BCUT2D eigenvalue weighted by molar-refractivity contribution is -0.116. The Balaban J connectivity index is 1.91. The van der Waals surface area contributed by atoms with E-state index in [0.717, 1.165) is 18.8 Å². The van der Waals surface area contributed by atoms with Crippen molar-refractivity contribution in [2.45, 2.75) is 63.9 Å². The molecule has 1 nitrogen and oxygen atoms in total. The Morgan fingerprint density at radius 2 is 1.54 bits per heavy atom. The minimum Gasteiger partial charge on any atom is -0.390 e. The Kier molecular flexibility index (Phi) is 2.64. The molecule has 0 saturated heterocycles. The highest BCUT2D eigenvalue weighted by molar-refractivity contribution is 4.97. The SMILES string of the molecule is CC1CC(O)(C2CCCCCC2)C1. The molecule has 13 heavy (non-hydrogen) atoms. The van der Waals surface area contributed by atoms with Crippen LogP contribution in [-0.2, 0) is 0 Å². The summed E-state index contributed by atoms with van der Waals surface area (Å²) in [6.45, 7) is 2.26. The van der Waals surface area contributed by atoms with Crippen molar-refractivity contribution in [1.82, 2.24) is 0 Å². The van der Waals surface area contributed by atoms with E-state index < -0.39 is 0 Å². The first-order valence-electron chi connectivity index (χ1n) is 5.93. The third kappa shape index (κ3) is 1.90. The lowest BCUT2D eigenvalue weighted by atomic mass is 9.63. The molecule has 2 rings (SSSR count). The fraction of sp³-hybridized carbons (Fsp3) is 1.00. The van der Waals surface area contributed by atoms with Crippen LogP contribution in [0.25, 0.3) is 0 Å². The van der Waals surface area contributed by atoms with Crippen LogP contribution in [0.4, 0.5) is 0 Å². The predicted molar refractivity (Wildman–Crippen MR) is 54.5 cm³/mol. The number of aliphatic hydroxyl groups is 1. The van der Waals surface area contributed by atoms with Gasteiger partial charge < -0.3 is 5.11 Å². The van der Waals surface area contributed by atoms with E-state index in [9.17, 15) is 5.11 Å². The fourth-order valence-corrected chi connectivity index (χ4v) is 3.30. The van der Waals surface area contributed by atoms with Gasteiger partial charge in [0.25, 0.3) is 0 Å². The van der Waals surface area contributed by atoms with Crippen LogP contribution in [0.5, 0.6) is 0 Å². The Bertz CT molecular complexity index is 162. The summed E-state index contributed by atoms with van der Waals surface area (Å²) in [5.41, 5.74) is -0.246. The van der Waals surface area contributed by atoms with Crippen LogP contribution in [0.2, 0.25) is 0 Å². The summed E-state index contributed by atoms with van der Waals surface area (Å²) in [7, 11) is 0. The molecule has 0 unspecified atom stereocenters. The Morgan fingerprint density at radius 1 is 1.00 bits per heavy atom. The summed E-state index contributed by atoms with van der Waals surface area (Å²) < 4.78 is 0. The van der Waals surface area contributed by atoms with E-state index in [1.54, 1.807) is 0 Å². The highest BCUT2D eigenvalue weighted by atomic mass is 16.3. The summed E-state index contributed by atoms with van der Waals surface area (Å²) in [6, 6.07) is 0. The van der Waals surface area contributed by atoms with Crippen LogP contribution in [0.3, 0.4) is 0 Å². The minimum atomic E-state index is -0.246. The van der Waals surface area contributed by atoms with Gasteiger partial charge in [-0.15, -0.1) is 0 Å². The molecule has 0 spiro atoms. The molecule has 0 atom stereocenters. The highest BCUT2D eigenvalue weighted by Crippen LogP contribution is 2.47. The molecule has 2 saturated carbocycles. The lowest BCUT2D eigenvalue weighted by Gasteiger charge is -2.47. The molecule has 1 heteroatoms. The number of hydrogen-bond donors (Lipinski definition) is 1. The van der Waals surface area contributed by atoms with E-state index >= 15 is 0 Å². The van der Waals surface area contributed by atoms with Gasteiger partial charge in [-0.2, -0.15) is 0 Å². The summed E-state index contributed by atoms with van der Waals surface area (Å²) >= 11 is 0. The van der Waals surface area contributed by atoms with Gasteiger partial charge in [-0.1, -0.05) is 32.6 Å².